The molecule has 0 atom stereocenters. The highest BCUT2D eigenvalue weighted by molar-refractivity contribution is 5.77. The van der Waals surface area contributed by atoms with Crippen LogP contribution < -0.4 is 0 Å². The molecule has 2 saturated carbocycles. The number of imidazole rings is 1. The van der Waals surface area contributed by atoms with Gasteiger partial charge in [0.25, 0.3) is 0 Å². The number of nitrogens with one attached hydrogen (secondary N) is 1. The predicted octanol–water partition coefficient (Wildman–Crippen LogP) is 4.17. The first kappa shape index (κ1) is 12.0. The molecule has 0 radical (unpaired) electrons. The zero-order chi connectivity index (χ0) is 13.6. The Morgan fingerprint density at radius 1 is 1.20 bits per heavy atom. The number of rotatable bonds is 2. The second-order valence-electron chi connectivity index (χ2n) is 6.38. The standard InChI is InChI=1S/C17H19N3/c18-11-17(8-9-17)13-6-7-14-15(10-13)20-16(19-14)12-4-2-1-3-5-12/h6-7,10,12H,1-5,8-9H2,(H,19,20). The maximum Gasteiger partial charge on any atom is 0.110 e. The summed E-state index contributed by atoms with van der Waals surface area (Å²) in [5.41, 5.74) is 3.10. The minimum Gasteiger partial charge on any atom is -0.342 e. The molecule has 3 nitrogen and oxygen atoms in total. The Labute approximate surface area is 119 Å². The molecule has 0 unspecified atom stereocenters. The second-order valence-corrected chi connectivity index (χ2v) is 6.38. The van der Waals surface area contributed by atoms with E-state index in [1.165, 1.54) is 32.1 Å². The minimum atomic E-state index is -0.204. The number of aromatic amines is 1. The van der Waals surface area contributed by atoms with Crippen LogP contribution in [0.3, 0.4) is 0 Å². The van der Waals surface area contributed by atoms with Crippen molar-refractivity contribution in [3.05, 3.63) is 29.6 Å². The van der Waals surface area contributed by atoms with Gasteiger partial charge in [0.2, 0.25) is 0 Å². The fraction of sp³-hybridized carbons (Fsp3) is 0.529. The van der Waals surface area contributed by atoms with Gasteiger partial charge in [0.15, 0.2) is 0 Å². The zero-order valence-electron chi connectivity index (χ0n) is 11.7. The van der Waals surface area contributed by atoms with E-state index in [2.05, 4.69) is 29.3 Å². The van der Waals surface area contributed by atoms with Crippen LogP contribution in [0.5, 0.6) is 0 Å². The normalized spacial score (nSPS) is 21.8. The summed E-state index contributed by atoms with van der Waals surface area (Å²) in [5.74, 6) is 1.75. The summed E-state index contributed by atoms with van der Waals surface area (Å²) < 4.78 is 0. The second kappa shape index (κ2) is 4.34. The summed E-state index contributed by atoms with van der Waals surface area (Å²) in [7, 11) is 0. The van der Waals surface area contributed by atoms with E-state index in [-0.39, 0.29) is 5.41 Å². The first-order valence-corrected chi connectivity index (χ1v) is 7.72. The van der Waals surface area contributed by atoms with Gasteiger partial charge in [-0.3, -0.25) is 0 Å². The van der Waals surface area contributed by atoms with Gasteiger partial charge in [0, 0.05) is 5.92 Å². The summed E-state index contributed by atoms with van der Waals surface area (Å²) in [5, 5.41) is 9.32. The number of hydrogen-bond acceptors (Lipinski definition) is 2. The molecule has 2 aliphatic carbocycles. The molecule has 20 heavy (non-hydrogen) atoms. The Balaban J connectivity index is 1.71. The summed E-state index contributed by atoms with van der Waals surface area (Å²) in [6.07, 6.45) is 8.53. The lowest BCUT2D eigenvalue weighted by atomic mass is 9.89. The molecule has 1 aromatic carbocycles. The van der Waals surface area contributed by atoms with E-state index in [1.54, 1.807) is 0 Å². The van der Waals surface area contributed by atoms with Crippen molar-refractivity contribution >= 4 is 11.0 Å². The fourth-order valence-electron chi connectivity index (χ4n) is 3.49. The van der Waals surface area contributed by atoms with Gasteiger partial charge in [0.05, 0.1) is 22.5 Å². The zero-order valence-corrected chi connectivity index (χ0v) is 11.7. The van der Waals surface area contributed by atoms with Gasteiger partial charge in [-0.05, 0) is 43.4 Å². The average Bonchev–Trinajstić information content (AvgIpc) is 3.20. The van der Waals surface area contributed by atoms with Crippen molar-refractivity contribution in [2.75, 3.05) is 0 Å². The van der Waals surface area contributed by atoms with Gasteiger partial charge >= 0.3 is 0 Å². The van der Waals surface area contributed by atoms with Crippen molar-refractivity contribution in [1.82, 2.24) is 9.97 Å². The minimum absolute atomic E-state index is 0.204. The maximum absolute atomic E-state index is 9.32. The van der Waals surface area contributed by atoms with Gasteiger partial charge in [-0.2, -0.15) is 5.26 Å². The molecule has 2 aromatic rings. The van der Waals surface area contributed by atoms with Gasteiger partial charge in [-0.1, -0.05) is 25.3 Å². The van der Waals surface area contributed by atoms with Crippen LogP contribution in [0.2, 0.25) is 0 Å². The van der Waals surface area contributed by atoms with Crippen LogP contribution in [0, 0.1) is 11.3 Å². The number of nitriles is 1. The number of hydrogen-bond donors (Lipinski definition) is 1. The number of aromatic nitrogens is 2. The third-order valence-electron chi connectivity index (χ3n) is 5.01. The van der Waals surface area contributed by atoms with Crippen LogP contribution in [0.15, 0.2) is 18.2 Å². The van der Waals surface area contributed by atoms with Crippen LogP contribution in [-0.2, 0) is 5.41 Å². The molecule has 1 N–H and O–H groups in total. The van der Waals surface area contributed by atoms with Crippen molar-refractivity contribution in [3.8, 4) is 6.07 Å². The summed E-state index contributed by atoms with van der Waals surface area (Å²) in [6, 6.07) is 8.77. The monoisotopic (exact) mass is 265 g/mol. The first-order valence-electron chi connectivity index (χ1n) is 7.72. The Hall–Kier alpha value is -1.82. The van der Waals surface area contributed by atoms with E-state index in [9.17, 15) is 5.26 Å². The molecule has 4 rings (SSSR count). The van der Waals surface area contributed by atoms with Crippen molar-refractivity contribution < 1.29 is 0 Å². The molecule has 1 heterocycles. The molecule has 3 heteroatoms. The Morgan fingerprint density at radius 2 is 2.00 bits per heavy atom. The van der Waals surface area contributed by atoms with E-state index >= 15 is 0 Å². The fourth-order valence-corrected chi connectivity index (χ4v) is 3.49. The largest absolute Gasteiger partial charge is 0.342 e. The lowest BCUT2D eigenvalue weighted by molar-refractivity contribution is 0.431. The van der Waals surface area contributed by atoms with Crippen LogP contribution in [0.4, 0.5) is 0 Å². The highest BCUT2D eigenvalue weighted by atomic mass is 14.9. The van der Waals surface area contributed by atoms with Crippen LogP contribution in [0.1, 0.15) is 62.3 Å². The summed E-state index contributed by atoms with van der Waals surface area (Å²) in [4.78, 5) is 8.28. The molecular formula is C17H19N3. The van der Waals surface area contributed by atoms with Crippen molar-refractivity contribution in [3.63, 3.8) is 0 Å². The van der Waals surface area contributed by atoms with Crippen LogP contribution in [0.25, 0.3) is 11.0 Å². The number of nitrogens with zero attached hydrogens (tertiary/aromatic N) is 2. The van der Waals surface area contributed by atoms with E-state index in [0.717, 1.165) is 35.3 Å². The van der Waals surface area contributed by atoms with Gasteiger partial charge in [0.1, 0.15) is 5.82 Å². The third-order valence-corrected chi connectivity index (χ3v) is 5.01. The Kier molecular flexibility index (Phi) is 2.60. The van der Waals surface area contributed by atoms with Gasteiger partial charge in [-0.25, -0.2) is 4.98 Å². The van der Waals surface area contributed by atoms with Gasteiger partial charge < -0.3 is 4.98 Å². The molecule has 0 spiro atoms. The van der Waals surface area contributed by atoms with Crippen molar-refractivity contribution in [2.45, 2.75) is 56.3 Å². The number of fused-ring (bicyclic) bond motifs is 1. The van der Waals surface area contributed by atoms with E-state index in [0.29, 0.717) is 5.92 Å². The lowest BCUT2D eigenvalue weighted by Gasteiger charge is -2.18. The topological polar surface area (TPSA) is 52.5 Å². The highest BCUT2D eigenvalue weighted by Crippen LogP contribution is 2.48. The SMILES string of the molecule is N#CC1(c2ccc3nc(C4CCCCC4)[nH]c3c2)CC1. The maximum atomic E-state index is 9.32. The van der Waals surface area contributed by atoms with Crippen molar-refractivity contribution in [1.29, 1.82) is 5.26 Å². The van der Waals surface area contributed by atoms with Crippen LogP contribution in [-0.4, -0.2) is 9.97 Å². The highest BCUT2D eigenvalue weighted by Gasteiger charge is 2.45. The molecular weight excluding hydrogens is 246 g/mol. The molecule has 1 aromatic heterocycles. The van der Waals surface area contributed by atoms with E-state index in [4.69, 9.17) is 4.98 Å². The Bertz CT molecular complexity index is 682. The molecule has 2 aliphatic rings. The average molecular weight is 265 g/mol. The number of H-pyrrole nitrogens is 1. The van der Waals surface area contributed by atoms with E-state index in [1.807, 2.05) is 0 Å². The third kappa shape index (κ3) is 1.83. The molecule has 0 aliphatic heterocycles. The molecule has 0 amide bonds. The predicted molar refractivity (Wildman–Crippen MR) is 78.4 cm³/mol. The van der Waals surface area contributed by atoms with E-state index < -0.39 is 0 Å². The van der Waals surface area contributed by atoms with Crippen molar-refractivity contribution in [2.24, 2.45) is 0 Å². The molecule has 102 valence electrons. The summed E-state index contributed by atoms with van der Waals surface area (Å²) in [6.45, 7) is 0. The smallest absolute Gasteiger partial charge is 0.110 e. The molecule has 0 saturated heterocycles. The first-order chi connectivity index (χ1) is 9.81. The molecule has 0 bridgehead atoms. The summed E-state index contributed by atoms with van der Waals surface area (Å²) >= 11 is 0. The quantitative estimate of drug-likeness (QED) is 0.886. The number of benzene rings is 1. The lowest BCUT2D eigenvalue weighted by Crippen LogP contribution is -2.05. The van der Waals surface area contributed by atoms with Crippen LogP contribution >= 0.6 is 0 Å². The molecule has 2 fully saturated rings. The van der Waals surface area contributed by atoms with Gasteiger partial charge in [-0.15, -0.1) is 0 Å². The Morgan fingerprint density at radius 3 is 2.70 bits per heavy atom.